The molecule has 15 heavy (non-hydrogen) atoms. The number of rotatable bonds is 6. The summed E-state index contributed by atoms with van der Waals surface area (Å²) >= 11 is 0. The quantitative estimate of drug-likeness (QED) is 0.634. The van der Waals surface area contributed by atoms with Crippen LogP contribution < -0.4 is 5.32 Å². The summed E-state index contributed by atoms with van der Waals surface area (Å²) in [6.45, 7) is 0.444. The zero-order valence-corrected chi connectivity index (χ0v) is 9.64. The zero-order chi connectivity index (χ0) is 11.5. The normalized spacial score (nSPS) is 19.5. The molecule has 6 heteroatoms. The number of nitrogens with one attached hydrogen (secondary N) is 1. The molecule has 1 aliphatic rings. The first-order chi connectivity index (χ1) is 6.86. The van der Waals surface area contributed by atoms with Gasteiger partial charge in [0, 0.05) is 6.26 Å². The number of carboxylic acids is 1. The molecule has 88 valence electrons. The molecule has 1 saturated carbocycles. The van der Waals surface area contributed by atoms with E-state index in [-0.39, 0.29) is 5.75 Å². The van der Waals surface area contributed by atoms with Crippen molar-refractivity contribution in [3.63, 3.8) is 0 Å². The van der Waals surface area contributed by atoms with Crippen molar-refractivity contribution in [1.29, 1.82) is 0 Å². The van der Waals surface area contributed by atoms with Crippen molar-refractivity contribution in [2.24, 2.45) is 0 Å². The lowest BCUT2D eigenvalue weighted by molar-refractivity contribution is -0.148. The molecule has 0 aromatic heterocycles. The van der Waals surface area contributed by atoms with Gasteiger partial charge in [0.25, 0.3) is 0 Å². The van der Waals surface area contributed by atoms with E-state index in [2.05, 4.69) is 5.32 Å². The van der Waals surface area contributed by atoms with E-state index in [1.54, 1.807) is 0 Å². The Morgan fingerprint density at radius 2 is 2.07 bits per heavy atom. The van der Waals surface area contributed by atoms with E-state index in [1.165, 1.54) is 6.26 Å². The van der Waals surface area contributed by atoms with Gasteiger partial charge in [-0.1, -0.05) is 0 Å². The minimum absolute atomic E-state index is 0.107. The van der Waals surface area contributed by atoms with Crippen LogP contribution in [0.4, 0.5) is 0 Å². The number of sulfone groups is 1. The van der Waals surface area contributed by atoms with Gasteiger partial charge < -0.3 is 10.4 Å². The third kappa shape index (κ3) is 3.46. The summed E-state index contributed by atoms with van der Waals surface area (Å²) in [5.74, 6) is -0.719. The van der Waals surface area contributed by atoms with Crippen LogP contribution >= 0.6 is 0 Å². The molecule has 1 aliphatic carbocycles. The van der Waals surface area contributed by atoms with Crippen LogP contribution in [0.15, 0.2) is 0 Å². The summed E-state index contributed by atoms with van der Waals surface area (Å²) in [5, 5.41) is 11.9. The topological polar surface area (TPSA) is 83.5 Å². The first-order valence-electron chi connectivity index (χ1n) is 5.02. The predicted molar refractivity (Wildman–Crippen MR) is 56.5 cm³/mol. The number of aliphatic carboxylic acids is 1. The van der Waals surface area contributed by atoms with Gasteiger partial charge in [-0.25, -0.2) is 8.42 Å². The van der Waals surface area contributed by atoms with Crippen LogP contribution in [0.25, 0.3) is 0 Å². The lowest BCUT2D eigenvalue weighted by Crippen LogP contribution is -2.57. The van der Waals surface area contributed by atoms with Gasteiger partial charge in [-0.05, 0) is 32.2 Å². The molecule has 1 fully saturated rings. The highest BCUT2D eigenvalue weighted by molar-refractivity contribution is 7.90. The molecule has 0 aromatic rings. The van der Waals surface area contributed by atoms with Crippen LogP contribution in [0.1, 0.15) is 25.7 Å². The Labute approximate surface area is 89.8 Å². The predicted octanol–water partition coefficient (Wildman–Crippen LogP) is 0.0180. The van der Waals surface area contributed by atoms with E-state index in [0.29, 0.717) is 25.8 Å². The number of carboxylic acid groups (broad SMARTS) is 1. The highest BCUT2D eigenvalue weighted by Crippen LogP contribution is 2.31. The second-order valence-corrected chi connectivity index (χ2v) is 6.41. The molecule has 0 atom stereocenters. The third-order valence-corrected chi connectivity index (χ3v) is 3.80. The molecule has 0 saturated heterocycles. The Kier molecular flexibility index (Phi) is 3.72. The van der Waals surface area contributed by atoms with E-state index in [9.17, 15) is 13.2 Å². The molecule has 0 bridgehead atoms. The minimum Gasteiger partial charge on any atom is -0.480 e. The average molecular weight is 235 g/mol. The van der Waals surface area contributed by atoms with Crippen LogP contribution in [0.3, 0.4) is 0 Å². The summed E-state index contributed by atoms with van der Waals surface area (Å²) < 4.78 is 21.7. The van der Waals surface area contributed by atoms with Gasteiger partial charge in [-0.15, -0.1) is 0 Å². The first-order valence-corrected chi connectivity index (χ1v) is 7.08. The monoisotopic (exact) mass is 235 g/mol. The number of carbonyl (C=O) groups is 1. The van der Waals surface area contributed by atoms with Crippen molar-refractivity contribution in [2.45, 2.75) is 31.2 Å². The molecular weight excluding hydrogens is 218 g/mol. The van der Waals surface area contributed by atoms with Crippen molar-refractivity contribution in [2.75, 3.05) is 18.6 Å². The zero-order valence-electron chi connectivity index (χ0n) is 8.82. The number of hydrogen-bond donors (Lipinski definition) is 2. The van der Waals surface area contributed by atoms with Gasteiger partial charge >= 0.3 is 5.97 Å². The Morgan fingerprint density at radius 1 is 1.47 bits per heavy atom. The molecule has 1 rings (SSSR count). The maximum atomic E-state index is 10.9. The van der Waals surface area contributed by atoms with Crippen molar-refractivity contribution >= 4 is 15.8 Å². The van der Waals surface area contributed by atoms with Gasteiger partial charge in [-0.2, -0.15) is 0 Å². The average Bonchev–Trinajstić information content (AvgIpc) is 1.98. The SMILES string of the molecule is CS(=O)(=O)CCCNC1(C(=O)O)CCC1. The molecule has 0 radical (unpaired) electrons. The van der Waals surface area contributed by atoms with Crippen molar-refractivity contribution in [1.82, 2.24) is 5.32 Å². The third-order valence-electron chi connectivity index (χ3n) is 2.77. The lowest BCUT2D eigenvalue weighted by atomic mass is 9.77. The van der Waals surface area contributed by atoms with Crippen molar-refractivity contribution in [3.8, 4) is 0 Å². The Morgan fingerprint density at radius 3 is 2.40 bits per heavy atom. The Bertz CT molecular complexity index is 332. The van der Waals surface area contributed by atoms with E-state index < -0.39 is 21.3 Å². The smallest absolute Gasteiger partial charge is 0.323 e. The van der Waals surface area contributed by atoms with Crippen LogP contribution in [0.2, 0.25) is 0 Å². The summed E-state index contributed by atoms with van der Waals surface area (Å²) in [5.41, 5.74) is -0.780. The maximum absolute atomic E-state index is 10.9. The van der Waals surface area contributed by atoms with Crippen LogP contribution in [-0.2, 0) is 14.6 Å². The summed E-state index contributed by atoms with van der Waals surface area (Å²) in [6.07, 6.45) is 3.85. The van der Waals surface area contributed by atoms with Gasteiger partial charge in [0.15, 0.2) is 0 Å². The van der Waals surface area contributed by atoms with Gasteiger partial charge in [0.1, 0.15) is 15.4 Å². The fraction of sp³-hybridized carbons (Fsp3) is 0.889. The van der Waals surface area contributed by atoms with E-state index in [4.69, 9.17) is 5.11 Å². The summed E-state index contributed by atoms with van der Waals surface area (Å²) in [6, 6.07) is 0. The van der Waals surface area contributed by atoms with Crippen molar-refractivity contribution in [3.05, 3.63) is 0 Å². The maximum Gasteiger partial charge on any atom is 0.323 e. The van der Waals surface area contributed by atoms with E-state index in [1.807, 2.05) is 0 Å². The molecule has 0 aliphatic heterocycles. The van der Waals surface area contributed by atoms with Crippen LogP contribution in [0, 0.1) is 0 Å². The standard InChI is InChI=1S/C9H17NO4S/c1-15(13,14)7-3-6-10-9(8(11)12)4-2-5-9/h10H,2-7H2,1H3,(H,11,12). The van der Waals surface area contributed by atoms with Gasteiger partial charge in [0.05, 0.1) is 5.75 Å². The summed E-state index contributed by atoms with van der Waals surface area (Å²) in [4.78, 5) is 10.9. The molecule has 0 amide bonds. The number of hydrogen-bond acceptors (Lipinski definition) is 4. The molecule has 0 heterocycles. The molecular formula is C9H17NO4S. The fourth-order valence-corrected chi connectivity index (χ4v) is 2.33. The molecule has 5 nitrogen and oxygen atoms in total. The van der Waals surface area contributed by atoms with E-state index in [0.717, 1.165) is 6.42 Å². The van der Waals surface area contributed by atoms with Crippen LogP contribution in [0.5, 0.6) is 0 Å². The van der Waals surface area contributed by atoms with E-state index >= 15 is 0 Å². The molecule has 2 N–H and O–H groups in total. The molecule has 0 spiro atoms. The lowest BCUT2D eigenvalue weighted by Gasteiger charge is -2.38. The van der Waals surface area contributed by atoms with Gasteiger partial charge in [-0.3, -0.25) is 4.79 Å². The highest BCUT2D eigenvalue weighted by atomic mass is 32.2. The Balaban J connectivity index is 2.28. The minimum atomic E-state index is -2.94. The second-order valence-electron chi connectivity index (χ2n) is 4.15. The second kappa shape index (κ2) is 4.49. The Hall–Kier alpha value is -0.620. The van der Waals surface area contributed by atoms with Crippen LogP contribution in [-0.4, -0.2) is 43.6 Å². The van der Waals surface area contributed by atoms with Gasteiger partial charge in [0.2, 0.25) is 0 Å². The molecule has 0 aromatic carbocycles. The molecule has 0 unspecified atom stereocenters. The van der Waals surface area contributed by atoms with Crippen molar-refractivity contribution < 1.29 is 18.3 Å². The first kappa shape index (κ1) is 12.4. The fourth-order valence-electron chi connectivity index (χ4n) is 1.66. The largest absolute Gasteiger partial charge is 0.480 e. The highest BCUT2D eigenvalue weighted by Gasteiger charge is 2.43. The summed E-state index contributed by atoms with van der Waals surface area (Å²) in [7, 11) is -2.94.